The van der Waals surface area contributed by atoms with E-state index in [1.807, 2.05) is 27.8 Å². The minimum Gasteiger partial charge on any atom is -0.272 e. The molecule has 1 aromatic rings. The molecule has 1 heterocycles. The lowest BCUT2D eigenvalue weighted by molar-refractivity contribution is 0.559. The van der Waals surface area contributed by atoms with Gasteiger partial charge < -0.3 is 0 Å². The van der Waals surface area contributed by atoms with Crippen molar-refractivity contribution >= 4 is 6.08 Å². The monoisotopic (exact) mass is 179 g/mol. The number of hydrogen-bond acceptors (Lipinski definition) is 3. The summed E-state index contributed by atoms with van der Waals surface area (Å²) >= 11 is 0. The van der Waals surface area contributed by atoms with Crippen molar-refractivity contribution in [2.75, 3.05) is 0 Å². The summed E-state index contributed by atoms with van der Waals surface area (Å²) in [6, 6.07) is -0.147. The molecular formula is C9H13N3O. The lowest BCUT2D eigenvalue weighted by atomic mass is 10.1. The van der Waals surface area contributed by atoms with Crippen LogP contribution in [0.1, 0.15) is 29.9 Å². The van der Waals surface area contributed by atoms with Crippen molar-refractivity contribution in [1.29, 1.82) is 0 Å². The Labute approximate surface area is 77.3 Å². The first-order valence-corrected chi connectivity index (χ1v) is 4.15. The molecule has 0 N–H and O–H groups in total. The number of aromatic nitrogens is 2. The van der Waals surface area contributed by atoms with Gasteiger partial charge in [0.2, 0.25) is 6.08 Å². The zero-order valence-electron chi connectivity index (χ0n) is 8.33. The number of isocyanates is 1. The fraction of sp³-hybridized carbons (Fsp3) is 0.556. The highest BCUT2D eigenvalue weighted by Crippen LogP contribution is 2.22. The van der Waals surface area contributed by atoms with Gasteiger partial charge in [-0.15, -0.1) is 0 Å². The number of rotatable bonds is 2. The maximum Gasteiger partial charge on any atom is 0.235 e. The van der Waals surface area contributed by atoms with Gasteiger partial charge >= 0.3 is 0 Å². The third kappa shape index (κ3) is 1.68. The Morgan fingerprint density at radius 2 is 2.15 bits per heavy atom. The zero-order valence-corrected chi connectivity index (χ0v) is 8.33. The summed E-state index contributed by atoms with van der Waals surface area (Å²) in [4.78, 5) is 13.8. The molecule has 0 aromatic carbocycles. The van der Waals surface area contributed by atoms with Crippen LogP contribution in [0.5, 0.6) is 0 Å². The second kappa shape index (κ2) is 3.54. The first kappa shape index (κ1) is 9.68. The van der Waals surface area contributed by atoms with Crippen LogP contribution in [0.15, 0.2) is 4.99 Å². The number of nitrogens with zero attached hydrogens (tertiary/aromatic N) is 3. The highest BCUT2D eigenvalue weighted by Gasteiger charge is 2.14. The van der Waals surface area contributed by atoms with Gasteiger partial charge in [0, 0.05) is 18.3 Å². The summed E-state index contributed by atoms with van der Waals surface area (Å²) in [5.74, 6) is 0. The van der Waals surface area contributed by atoms with Gasteiger partial charge in [-0.2, -0.15) is 10.1 Å². The van der Waals surface area contributed by atoms with Gasteiger partial charge in [0.1, 0.15) is 0 Å². The Morgan fingerprint density at radius 3 is 2.54 bits per heavy atom. The first-order chi connectivity index (χ1) is 6.07. The third-order valence-electron chi connectivity index (χ3n) is 2.23. The molecule has 0 bridgehead atoms. The van der Waals surface area contributed by atoms with Crippen LogP contribution in [0.3, 0.4) is 0 Å². The average molecular weight is 179 g/mol. The lowest BCUT2D eigenvalue weighted by Gasteiger charge is -2.03. The van der Waals surface area contributed by atoms with E-state index in [4.69, 9.17) is 0 Å². The van der Waals surface area contributed by atoms with Gasteiger partial charge in [-0.25, -0.2) is 4.79 Å². The van der Waals surface area contributed by atoms with E-state index in [1.165, 1.54) is 0 Å². The second-order valence-corrected chi connectivity index (χ2v) is 3.10. The number of aryl methyl sites for hydroxylation is 2. The molecule has 1 unspecified atom stereocenters. The van der Waals surface area contributed by atoms with Crippen molar-refractivity contribution in [2.24, 2.45) is 12.0 Å². The van der Waals surface area contributed by atoms with Gasteiger partial charge in [0.25, 0.3) is 0 Å². The average Bonchev–Trinajstić information content (AvgIpc) is 2.27. The first-order valence-electron chi connectivity index (χ1n) is 4.15. The summed E-state index contributed by atoms with van der Waals surface area (Å²) < 4.78 is 1.79. The van der Waals surface area contributed by atoms with Crippen LogP contribution >= 0.6 is 0 Å². The van der Waals surface area contributed by atoms with Crippen LogP contribution in [0.2, 0.25) is 0 Å². The fourth-order valence-electron chi connectivity index (χ4n) is 1.54. The predicted octanol–water partition coefficient (Wildman–Crippen LogP) is 1.43. The van der Waals surface area contributed by atoms with Crippen molar-refractivity contribution < 1.29 is 4.79 Å². The second-order valence-electron chi connectivity index (χ2n) is 3.10. The van der Waals surface area contributed by atoms with E-state index in [-0.39, 0.29) is 6.04 Å². The Bertz CT molecular complexity index is 361. The van der Waals surface area contributed by atoms with Crippen molar-refractivity contribution in [2.45, 2.75) is 26.8 Å². The molecule has 0 aliphatic carbocycles. The lowest BCUT2D eigenvalue weighted by Crippen LogP contribution is -1.96. The van der Waals surface area contributed by atoms with Crippen LogP contribution in [0.25, 0.3) is 0 Å². The molecule has 4 nitrogen and oxygen atoms in total. The summed E-state index contributed by atoms with van der Waals surface area (Å²) in [5.41, 5.74) is 2.99. The van der Waals surface area contributed by atoms with Crippen molar-refractivity contribution in [3.05, 3.63) is 17.0 Å². The normalized spacial score (nSPS) is 12.3. The molecule has 1 rings (SSSR count). The molecule has 0 spiro atoms. The topological polar surface area (TPSA) is 47.2 Å². The number of hydrogen-bond donors (Lipinski definition) is 0. The molecule has 1 aromatic heterocycles. The van der Waals surface area contributed by atoms with Crippen molar-refractivity contribution in [3.63, 3.8) is 0 Å². The van der Waals surface area contributed by atoms with Crippen LogP contribution in [-0.2, 0) is 11.8 Å². The molecule has 1 atom stereocenters. The maximum absolute atomic E-state index is 10.1. The molecule has 0 fully saturated rings. The molecule has 0 saturated heterocycles. The smallest absolute Gasteiger partial charge is 0.235 e. The van der Waals surface area contributed by atoms with E-state index < -0.39 is 0 Å². The highest BCUT2D eigenvalue weighted by atomic mass is 16.1. The van der Waals surface area contributed by atoms with Crippen LogP contribution in [0, 0.1) is 13.8 Å². The van der Waals surface area contributed by atoms with E-state index in [0.29, 0.717) is 0 Å². The SMILES string of the molecule is Cc1nn(C)c(C)c1C(C)N=C=O. The standard InChI is InChI=1S/C9H13N3O/c1-6(10-5-13)9-7(2)11-12(4)8(9)3/h6H,1-4H3. The Hall–Kier alpha value is -1.41. The summed E-state index contributed by atoms with van der Waals surface area (Å²) in [5, 5.41) is 4.24. The van der Waals surface area contributed by atoms with Gasteiger partial charge in [0.05, 0.1) is 11.7 Å². The van der Waals surface area contributed by atoms with Crippen LogP contribution < -0.4 is 0 Å². The summed E-state index contributed by atoms with van der Waals surface area (Å²) in [6.45, 7) is 5.74. The number of carbonyl (C=O) groups excluding carboxylic acids is 1. The van der Waals surface area contributed by atoms with Crippen molar-refractivity contribution in [1.82, 2.24) is 9.78 Å². The van der Waals surface area contributed by atoms with Gasteiger partial charge in [-0.3, -0.25) is 4.68 Å². The summed E-state index contributed by atoms with van der Waals surface area (Å²) in [7, 11) is 1.88. The largest absolute Gasteiger partial charge is 0.272 e. The molecule has 0 aliphatic heterocycles. The summed E-state index contributed by atoms with van der Waals surface area (Å²) in [6.07, 6.45) is 1.57. The predicted molar refractivity (Wildman–Crippen MR) is 49.2 cm³/mol. The molecule has 0 saturated carbocycles. The maximum atomic E-state index is 10.1. The van der Waals surface area contributed by atoms with E-state index >= 15 is 0 Å². The quantitative estimate of drug-likeness (QED) is 0.509. The molecule has 0 amide bonds. The Kier molecular flexibility index (Phi) is 2.63. The highest BCUT2D eigenvalue weighted by molar-refractivity contribution is 5.37. The fourth-order valence-corrected chi connectivity index (χ4v) is 1.54. The van der Waals surface area contributed by atoms with E-state index in [1.54, 1.807) is 10.8 Å². The molecule has 4 heteroatoms. The van der Waals surface area contributed by atoms with Crippen LogP contribution in [-0.4, -0.2) is 15.9 Å². The number of aliphatic imine (C=N–C) groups is 1. The minimum atomic E-state index is -0.147. The van der Waals surface area contributed by atoms with Gasteiger partial charge in [0.15, 0.2) is 0 Å². The third-order valence-corrected chi connectivity index (χ3v) is 2.23. The molecule has 0 aliphatic rings. The molecule has 70 valence electrons. The Balaban J connectivity index is 3.19. The van der Waals surface area contributed by atoms with Gasteiger partial charge in [-0.1, -0.05) is 0 Å². The molecular weight excluding hydrogens is 166 g/mol. The zero-order chi connectivity index (χ0) is 10.0. The minimum absolute atomic E-state index is 0.147. The van der Waals surface area contributed by atoms with Crippen LogP contribution in [0.4, 0.5) is 0 Å². The van der Waals surface area contributed by atoms with E-state index in [0.717, 1.165) is 17.0 Å². The van der Waals surface area contributed by atoms with E-state index in [2.05, 4.69) is 10.1 Å². The molecule has 13 heavy (non-hydrogen) atoms. The van der Waals surface area contributed by atoms with Crippen molar-refractivity contribution in [3.8, 4) is 0 Å². The molecule has 0 radical (unpaired) electrons. The Morgan fingerprint density at radius 1 is 1.54 bits per heavy atom. The van der Waals surface area contributed by atoms with E-state index in [9.17, 15) is 4.79 Å². The van der Waals surface area contributed by atoms with Gasteiger partial charge in [-0.05, 0) is 20.8 Å².